The number of hydrogen-bond donors (Lipinski definition) is 5. The predicted molar refractivity (Wildman–Crippen MR) is 159 cm³/mol. The molecule has 2 aromatic carbocycles. The van der Waals surface area contributed by atoms with Crippen molar-refractivity contribution in [3.05, 3.63) is 65.1 Å². The van der Waals surface area contributed by atoms with Gasteiger partial charge in [0.05, 0.1) is 27.5 Å². The van der Waals surface area contributed by atoms with E-state index in [1.165, 1.54) is 55.4 Å². The smallest absolute Gasteiger partial charge is 0.248 e. The lowest BCUT2D eigenvalue weighted by molar-refractivity contribution is -0.111. The first-order valence-electron chi connectivity index (χ1n) is 13.6. The van der Waals surface area contributed by atoms with E-state index in [1.54, 1.807) is 6.08 Å². The molecule has 4 rings (SSSR count). The van der Waals surface area contributed by atoms with Crippen molar-refractivity contribution < 1.29 is 24.1 Å². The van der Waals surface area contributed by atoms with E-state index in [-0.39, 0.29) is 28.6 Å². The third-order valence-electron chi connectivity index (χ3n) is 6.17. The third kappa shape index (κ3) is 10.3. The average Bonchev–Trinajstić information content (AvgIpc) is 3.55. The lowest BCUT2D eigenvalue weighted by Gasteiger charge is -2.14. The Morgan fingerprint density at radius 3 is 2.63 bits per heavy atom. The number of nitrogens with zero attached hydrogens (tertiary/aromatic N) is 2. The number of nitriles is 1. The molecule has 0 spiro atoms. The lowest BCUT2D eigenvalue weighted by Crippen LogP contribution is -2.16. The molecule has 1 amide bonds. The van der Waals surface area contributed by atoms with Crippen LogP contribution in [0.2, 0.25) is 5.02 Å². The fourth-order valence-electron chi connectivity index (χ4n) is 4.02. The zero-order valence-corrected chi connectivity index (χ0v) is 23.5. The van der Waals surface area contributed by atoms with Gasteiger partial charge < -0.3 is 30.9 Å². The van der Waals surface area contributed by atoms with Crippen LogP contribution in [-0.2, 0) is 9.53 Å². The highest BCUT2D eigenvalue weighted by Gasteiger charge is 2.14. The van der Waals surface area contributed by atoms with Crippen molar-refractivity contribution in [3.63, 3.8) is 0 Å². The number of halogens is 2. The summed E-state index contributed by atoms with van der Waals surface area (Å²) >= 11 is 5.88. The Labute approximate surface area is 244 Å². The average molecular weight is 584 g/mol. The number of pyridine rings is 1. The maximum absolute atomic E-state index is 13.6. The van der Waals surface area contributed by atoms with Gasteiger partial charge in [0, 0.05) is 55.8 Å². The molecular weight excluding hydrogens is 549 g/mol. The molecule has 1 aliphatic heterocycles. The van der Waals surface area contributed by atoms with Crippen molar-refractivity contribution in [2.75, 3.05) is 43.5 Å². The Balaban J connectivity index is 0.000000832. The summed E-state index contributed by atoms with van der Waals surface area (Å²) in [4.78, 5) is 16.6. The molecule has 9 nitrogen and oxygen atoms in total. The molecule has 1 aromatic heterocycles. The molecule has 0 atom stereocenters. The number of unbranched alkanes of at least 4 members (excludes halogenated alkanes) is 3. The Morgan fingerprint density at radius 2 is 1.95 bits per heavy atom. The van der Waals surface area contributed by atoms with E-state index < -0.39 is 11.7 Å². The van der Waals surface area contributed by atoms with Gasteiger partial charge in [0.2, 0.25) is 5.91 Å². The predicted octanol–water partition coefficient (Wildman–Crippen LogP) is 5.78. The van der Waals surface area contributed by atoms with Crippen LogP contribution in [0.5, 0.6) is 5.75 Å². The molecule has 1 saturated heterocycles. The summed E-state index contributed by atoms with van der Waals surface area (Å²) in [5.41, 5.74) is 1.57. The number of ether oxygens (including phenoxy) is 1. The summed E-state index contributed by atoms with van der Waals surface area (Å²) in [5.74, 6) is -1.18. The van der Waals surface area contributed by atoms with E-state index in [2.05, 4.69) is 27.0 Å². The highest BCUT2D eigenvalue weighted by Crippen LogP contribution is 2.35. The molecule has 11 heteroatoms. The number of aliphatic hydroxyl groups excluding tert-OH is 1. The van der Waals surface area contributed by atoms with Gasteiger partial charge in [-0.1, -0.05) is 30.5 Å². The molecule has 41 heavy (non-hydrogen) atoms. The molecule has 0 bridgehead atoms. The van der Waals surface area contributed by atoms with Gasteiger partial charge in [0.1, 0.15) is 17.6 Å². The lowest BCUT2D eigenvalue weighted by atomic mass is 10.1. The minimum Gasteiger partial charge on any atom is -0.506 e. The van der Waals surface area contributed by atoms with Gasteiger partial charge in [0.15, 0.2) is 0 Å². The van der Waals surface area contributed by atoms with Gasteiger partial charge in [0.25, 0.3) is 0 Å². The van der Waals surface area contributed by atoms with E-state index in [4.69, 9.17) is 21.4 Å². The van der Waals surface area contributed by atoms with Crippen LogP contribution in [0.3, 0.4) is 0 Å². The van der Waals surface area contributed by atoms with Crippen molar-refractivity contribution in [2.24, 2.45) is 0 Å². The molecule has 0 saturated carbocycles. The van der Waals surface area contributed by atoms with Crippen molar-refractivity contribution in [1.82, 2.24) is 10.3 Å². The Kier molecular flexibility index (Phi) is 13.3. The van der Waals surface area contributed by atoms with E-state index in [1.807, 2.05) is 0 Å². The van der Waals surface area contributed by atoms with Gasteiger partial charge in [-0.25, -0.2) is 4.39 Å². The fourth-order valence-corrected chi connectivity index (χ4v) is 4.20. The number of amides is 1. The number of phenolic OH excluding ortho intramolecular Hbond substituents is 1. The van der Waals surface area contributed by atoms with Crippen molar-refractivity contribution in [3.8, 4) is 11.8 Å². The van der Waals surface area contributed by atoms with E-state index in [0.29, 0.717) is 28.8 Å². The molecule has 218 valence electrons. The number of fused-ring (bicyclic) bond motifs is 1. The van der Waals surface area contributed by atoms with Crippen LogP contribution >= 0.6 is 11.6 Å². The first kappa shape index (κ1) is 31.8. The summed E-state index contributed by atoms with van der Waals surface area (Å²) < 4.78 is 18.5. The molecule has 5 N–H and O–H groups in total. The summed E-state index contributed by atoms with van der Waals surface area (Å²) in [7, 11) is 0. The summed E-state index contributed by atoms with van der Waals surface area (Å²) in [6.45, 7) is 3.54. The molecule has 2 heterocycles. The number of aromatic hydroxyl groups is 1. The molecule has 3 aromatic rings. The second-order valence-electron chi connectivity index (χ2n) is 9.35. The second-order valence-corrected chi connectivity index (χ2v) is 9.76. The standard InChI is InChI=1S/C26H27ClFN5O3.C4H8O/c27-20-12-18(7-8-21(20)28)32-26-17(15-29)16-31-22-14-24(35)23(13-19(22)26)33-25(36)6-5-10-30-9-3-1-2-4-11-34;1-2-4-5-3-1/h5-8,12-14,16,30,34-35H,1-4,9-11H2,(H,31,32)(H,33,36);1-4H2/b6-5+;. The van der Waals surface area contributed by atoms with E-state index in [9.17, 15) is 19.6 Å². The van der Waals surface area contributed by atoms with Crippen LogP contribution in [0.25, 0.3) is 10.9 Å². The van der Waals surface area contributed by atoms with Crippen molar-refractivity contribution >= 4 is 45.5 Å². The molecule has 1 aliphatic rings. The normalized spacial score (nSPS) is 12.6. The zero-order valence-electron chi connectivity index (χ0n) is 22.8. The number of phenols is 1. The Bertz CT molecular complexity index is 1370. The summed E-state index contributed by atoms with van der Waals surface area (Å²) in [5, 5.41) is 38.0. The maximum atomic E-state index is 13.6. The number of aliphatic hydroxyl groups is 1. The van der Waals surface area contributed by atoms with Crippen LogP contribution in [0.4, 0.5) is 21.5 Å². The number of nitrogens with one attached hydrogen (secondary N) is 3. The van der Waals surface area contributed by atoms with Crippen LogP contribution in [0.15, 0.2) is 48.7 Å². The van der Waals surface area contributed by atoms with Crippen LogP contribution in [0, 0.1) is 17.1 Å². The zero-order chi connectivity index (χ0) is 29.5. The molecule has 0 radical (unpaired) electrons. The van der Waals surface area contributed by atoms with Crippen molar-refractivity contribution in [2.45, 2.75) is 38.5 Å². The number of aromatic nitrogens is 1. The maximum Gasteiger partial charge on any atom is 0.248 e. The molecule has 0 unspecified atom stereocenters. The van der Waals surface area contributed by atoms with Crippen LogP contribution in [-0.4, -0.2) is 54.0 Å². The van der Waals surface area contributed by atoms with Gasteiger partial charge in [-0.05, 0) is 56.5 Å². The summed E-state index contributed by atoms with van der Waals surface area (Å²) in [6.07, 6.45) is 10.8. The fraction of sp³-hybridized carbons (Fsp3) is 0.367. The van der Waals surface area contributed by atoms with Gasteiger partial charge >= 0.3 is 0 Å². The molecular formula is C30H35ClFN5O4. The monoisotopic (exact) mass is 583 g/mol. The number of carbonyl (C=O) groups is 1. The summed E-state index contributed by atoms with van der Waals surface area (Å²) in [6, 6.07) is 9.03. The van der Waals surface area contributed by atoms with E-state index in [0.717, 1.165) is 45.4 Å². The number of benzene rings is 2. The quantitative estimate of drug-likeness (QED) is 0.103. The number of hydrogen-bond acceptors (Lipinski definition) is 8. The first-order valence-corrected chi connectivity index (χ1v) is 14.0. The Morgan fingerprint density at radius 1 is 1.17 bits per heavy atom. The van der Waals surface area contributed by atoms with Gasteiger partial charge in [-0.3, -0.25) is 9.78 Å². The molecule has 1 fully saturated rings. The third-order valence-corrected chi connectivity index (χ3v) is 6.46. The minimum atomic E-state index is -0.571. The Hall–Kier alpha value is -3.75. The van der Waals surface area contributed by atoms with Crippen LogP contribution < -0.4 is 16.0 Å². The highest BCUT2D eigenvalue weighted by atomic mass is 35.5. The minimum absolute atomic E-state index is 0.0783. The highest BCUT2D eigenvalue weighted by molar-refractivity contribution is 6.31. The SMILES string of the molecule is C1CCOC1.N#Cc1cnc2cc(O)c(NC(=O)/C=C/CNCCCCCCO)cc2c1Nc1ccc(F)c(Cl)c1. The number of rotatable bonds is 12. The number of anilines is 3. The van der Waals surface area contributed by atoms with Gasteiger partial charge in [-0.15, -0.1) is 0 Å². The second kappa shape index (κ2) is 17.1. The largest absolute Gasteiger partial charge is 0.506 e. The van der Waals surface area contributed by atoms with Gasteiger partial charge in [-0.2, -0.15) is 5.26 Å². The number of carbonyl (C=O) groups excluding carboxylic acids is 1. The molecule has 0 aliphatic carbocycles. The van der Waals surface area contributed by atoms with E-state index >= 15 is 0 Å². The van der Waals surface area contributed by atoms with Crippen LogP contribution in [0.1, 0.15) is 44.1 Å². The van der Waals surface area contributed by atoms with Crippen molar-refractivity contribution in [1.29, 1.82) is 5.26 Å². The first-order chi connectivity index (χ1) is 19.9. The topological polar surface area (TPSA) is 140 Å².